The maximum atomic E-state index is 13.3. The molecule has 2 aliphatic carbocycles. The second-order valence-electron chi connectivity index (χ2n) is 9.38. The van der Waals surface area contributed by atoms with Crippen LogP contribution < -0.4 is 4.90 Å². The van der Waals surface area contributed by atoms with Crippen molar-refractivity contribution in [3.8, 4) is 0 Å². The molecule has 5 rings (SSSR count). The maximum absolute atomic E-state index is 13.3. The summed E-state index contributed by atoms with van der Waals surface area (Å²) in [6.45, 7) is 3.34. The van der Waals surface area contributed by atoms with Crippen molar-refractivity contribution in [1.82, 2.24) is 0 Å². The third-order valence-corrected chi connectivity index (χ3v) is 10.6. The van der Waals surface area contributed by atoms with Crippen LogP contribution in [0.3, 0.4) is 0 Å². The molecule has 1 aliphatic heterocycles. The highest BCUT2D eigenvalue weighted by molar-refractivity contribution is 9.12. The minimum atomic E-state index is -0.680. The first-order chi connectivity index (χ1) is 16.2. The molecule has 3 fully saturated rings. The molecule has 0 aromatic heterocycles. The summed E-state index contributed by atoms with van der Waals surface area (Å²) >= 11 is 7.38. The minimum Gasteiger partial charge on any atom is -0.454 e. The van der Waals surface area contributed by atoms with Gasteiger partial charge in [-0.2, -0.15) is 0 Å². The summed E-state index contributed by atoms with van der Waals surface area (Å²) in [4.78, 5) is 53.3. The quantitative estimate of drug-likeness (QED) is 0.220. The standard InChI is InChI=1S/C26H23Br2NO5/c1-12-6-7-13(2)16(8-12)19(30)11-34-26(33)14-4-3-5-15(9-14)29-24(31)20-17-10-18(21(20)25(29)32)23(28)22(17)27/h3-9,17-18,20-23H,10-11H2,1-2H3/t17-,18+,20+,21-,22+,23-. The summed E-state index contributed by atoms with van der Waals surface area (Å²) in [5, 5.41) is 0. The van der Waals surface area contributed by atoms with Crippen molar-refractivity contribution < 1.29 is 23.9 Å². The first-order valence-corrected chi connectivity index (χ1v) is 13.1. The van der Waals surface area contributed by atoms with Crippen LogP contribution in [-0.4, -0.2) is 39.8 Å². The third kappa shape index (κ3) is 3.66. The lowest BCUT2D eigenvalue weighted by Gasteiger charge is -2.28. The Balaban J connectivity index is 1.32. The van der Waals surface area contributed by atoms with Crippen LogP contribution in [0, 0.1) is 37.5 Å². The summed E-state index contributed by atoms with van der Waals surface area (Å²) in [7, 11) is 0. The zero-order chi connectivity index (χ0) is 24.3. The lowest BCUT2D eigenvalue weighted by molar-refractivity contribution is -0.123. The van der Waals surface area contributed by atoms with E-state index < -0.39 is 5.97 Å². The molecule has 2 amide bonds. The number of aryl methyl sites for hydroxylation is 2. The molecule has 2 aromatic carbocycles. The largest absolute Gasteiger partial charge is 0.454 e. The van der Waals surface area contributed by atoms with Crippen LogP contribution in [0.1, 0.15) is 38.3 Å². The van der Waals surface area contributed by atoms with Crippen molar-refractivity contribution in [2.45, 2.75) is 29.9 Å². The molecule has 176 valence electrons. The number of nitrogens with zero attached hydrogens (tertiary/aromatic N) is 1. The predicted molar refractivity (Wildman–Crippen MR) is 133 cm³/mol. The molecule has 0 N–H and O–H groups in total. The van der Waals surface area contributed by atoms with Crippen molar-refractivity contribution in [1.29, 1.82) is 0 Å². The molecule has 0 radical (unpaired) electrons. The number of carbonyl (C=O) groups excluding carboxylic acids is 4. The van der Waals surface area contributed by atoms with Crippen molar-refractivity contribution >= 4 is 61.1 Å². The van der Waals surface area contributed by atoms with Gasteiger partial charge in [-0.05, 0) is 61.9 Å². The van der Waals surface area contributed by atoms with Crippen LogP contribution in [-0.2, 0) is 14.3 Å². The molecule has 0 spiro atoms. The van der Waals surface area contributed by atoms with E-state index in [0.717, 1.165) is 17.5 Å². The van der Waals surface area contributed by atoms with Crippen molar-refractivity contribution in [2.75, 3.05) is 11.5 Å². The molecule has 6 nitrogen and oxygen atoms in total. The van der Waals surface area contributed by atoms with Crippen molar-refractivity contribution in [3.63, 3.8) is 0 Å². The van der Waals surface area contributed by atoms with E-state index in [1.807, 2.05) is 26.0 Å². The molecular weight excluding hydrogens is 566 g/mol. The van der Waals surface area contributed by atoms with Gasteiger partial charge in [-0.15, -0.1) is 0 Å². The minimum absolute atomic E-state index is 0.116. The number of fused-ring (bicyclic) bond motifs is 5. The number of rotatable bonds is 5. The van der Waals surface area contributed by atoms with Gasteiger partial charge < -0.3 is 4.74 Å². The highest BCUT2D eigenvalue weighted by atomic mass is 79.9. The average Bonchev–Trinajstić information content (AvgIpc) is 3.43. The zero-order valence-corrected chi connectivity index (χ0v) is 21.8. The number of imide groups is 1. The number of Topliss-reactive ketones (excluding diaryl/α,β-unsaturated/α-hetero) is 1. The number of halogens is 2. The van der Waals surface area contributed by atoms with E-state index >= 15 is 0 Å². The van der Waals surface area contributed by atoms with Gasteiger partial charge in [0, 0.05) is 15.2 Å². The van der Waals surface area contributed by atoms with Gasteiger partial charge in [0.15, 0.2) is 6.61 Å². The zero-order valence-electron chi connectivity index (χ0n) is 18.7. The molecule has 3 aliphatic rings. The first-order valence-electron chi connectivity index (χ1n) is 11.2. The topological polar surface area (TPSA) is 80.8 Å². The number of hydrogen-bond donors (Lipinski definition) is 0. The first kappa shape index (κ1) is 23.4. The van der Waals surface area contributed by atoms with E-state index in [1.54, 1.807) is 24.3 Å². The molecule has 1 heterocycles. The van der Waals surface area contributed by atoms with E-state index in [4.69, 9.17) is 4.74 Å². The number of alkyl halides is 2. The number of amides is 2. The highest BCUT2D eigenvalue weighted by Gasteiger charge is 2.66. The average molecular weight is 589 g/mol. The number of benzene rings is 2. The van der Waals surface area contributed by atoms with E-state index in [-0.39, 0.29) is 63.1 Å². The van der Waals surface area contributed by atoms with Crippen LogP contribution in [0.5, 0.6) is 0 Å². The molecule has 2 aromatic rings. The van der Waals surface area contributed by atoms with Gasteiger partial charge in [-0.25, -0.2) is 4.79 Å². The number of ether oxygens (including phenoxy) is 1. The Bertz CT molecular complexity index is 1200. The predicted octanol–water partition coefficient (Wildman–Crippen LogP) is 4.63. The molecule has 6 atom stereocenters. The summed E-state index contributed by atoms with van der Waals surface area (Å²) in [6.07, 6.45) is 0.854. The molecule has 8 heteroatoms. The summed E-state index contributed by atoms with van der Waals surface area (Å²) in [6, 6.07) is 11.8. The molecule has 34 heavy (non-hydrogen) atoms. The number of esters is 1. The van der Waals surface area contributed by atoms with Gasteiger partial charge in [0.1, 0.15) is 0 Å². The van der Waals surface area contributed by atoms with Crippen molar-refractivity contribution in [3.05, 3.63) is 64.7 Å². The fraction of sp³-hybridized carbons (Fsp3) is 0.385. The summed E-state index contributed by atoms with van der Waals surface area (Å²) in [5.41, 5.74) is 2.82. The van der Waals surface area contributed by atoms with Crippen LogP contribution in [0.25, 0.3) is 0 Å². The maximum Gasteiger partial charge on any atom is 0.338 e. The summed E-state index contributed by atoms with van der Waals surface area (Å²) < 4.78 is 5.27. The lowest BCUT2D eigenvalue weighted by Crippen LogP contribution is -2.37. The number of carbonyl (C=O) groups is 4. The SMILES string of the molecule is Cc1ccc(C)c(C(=O)COC(=O)c2cccc(N3C(=O)[C@@H]4[C@@H]5C[C@@H]([C@H](Br)[C@@H]5Br)[C@@H]4C3=O)c2)c1. The van der Waals surface area contributed by atoms with Crippen LogP contribution in [0.15, 0.2) is 42.5 Å². The number of hydrogen-bond acceptors (Lipinski definition) is 5. The fourth-order valence-electron chi connectivity index (χ4n) is 5.70. The van der Waals surface area contributed by atoms with Gasteiger partial charge >= 0.3 is 5.97 Å². The second kappa shape index (κ2) is 8.72. The molecule has 2 bridgehead atoms. The Morgan fingerprint density at radius 2 is 1.62 bits per heavy atom. The lowest BCUT2D eigenvalue weighted by atomic mass is 9.81. The van der Waals surface area contributed by atoms with Gasteiger partial charge in [0.25, 0.3) is 0 Å². The number of anilines is 1. The normalized spacial score (nSPS) is 29.5. The van der Waals surface area contributed by atoms with Gasteiger partial charge in [-0.3, -0.25) is 19.3 Å². The van der Waals surface area contributed by atoms with E-state index in [1.165, 1.54) is 11.0 Å². The monoisotopic (exact) mass is 587 g/mol. The highest BCUT2D eigenvalue weighted by Crippen LogP contribution is 2.60. The number of ketones is 1. The molecular formula is C26H23Br2NO5. The Hall–Kier alpha value is -2.32. The van der Waals surface area contributed by atoms with Crippen LogP contribution in [0.2, 0.25) is 0 Å². The van der Waals surface area contributed by atoms with Crippen LogP contribution >= 0.6 is 31.9 Å². The molecule has 1 saturated heterocycles. The Morgan fingerprint density at radius 3 is 2.26 bits per heavy atom. The van der Waals surface area contributed by atoms with Crippen LogP contribution in [0.4, 0.5) is 5.69 Å². The molecule has 2 saturated carbocycles. The Kier molecular flexibility index (Phi) is 6.01. The van der Waals surface area contributed by atoms with E-state index in [9.17, 15) is 19.2 Å². The molecule has 0 unspecified atom stereocenters. The van der Waals surface area contributed by atoms with E-state index in [0.29, 0.717) is 11.3 Å². The van der Waals surface area contributed by atoms with Gasteiger partial charge in [0.05, 0.1) is 23.1 Å². The van der Waals surface area contributed by atoms with Gasteiger partial charge in [0.2, 0.25) is 17.6 Å². The third-order valence-electron chi connectivity index (χ3n) is 7.35. The van der Waals surface area contributed by atoms with E-state index in [2.05, 4.69) is 31.9 Å². The smallest absolute Gasteiger partial charge is 0.338 e. The van der Waals surface area contributed by atoms with Crippen molar-refractivity contribution in [2.24, 2.45) is 23.7 Å². The fourth-order valence-corrected chi connectivity index (χ4v) is 7.58. The Labute approximate surface area is 214 Å². The van der Waals surface area contributed by atoms with Gasteiger partial charge in [-0.1, -0.05) is 55.6 Å². The summed E-state index contributed by atoms with van der Waals surface area (Å²) in [5.74, 6) is -1.81. The Morgan fingerprint density at radius 1 is 0.971 bits per heavy atom. The second-order valence-corrected chi connectivity index (χ2v) is 11.5.